The second-order valence-electron chi connectivity index (χ2n) is 4.90. The molecular formula is C15H16O4. The Morgan fingerprint density at radius 3 is 2.63 bits per heavy atom. The number of benzene rings is 1. The van der Waals surface area contributed by atoms with E-state index in [9.17, 15) is 4.79 Å². The van der Waals surface area contributed by atoms with Gasteiger partial charge in [-0.2, -0.15) is 0 Å². The van der Waals surface area contributed by atoms with Gasteiger partial charge in [-0.3, -0.25) is 4.79 Å². The van der Waals surface area contributed by atoms with Gasteiger partial charge in [0, 0.05) is 12.8 Å². The highest BCUT2D eigenvalue weighted by Crippen LogP contribution is 2.35. The number of carbonyl (C=O) groups is 1. The van der Waals surface area contributed by atoms with Crippen molar-refractivity contribution in [2.45, 2.75) is 24.5 Å². The first kappa shape index (κ1) is 12.2. The van der Waals surface area contributed by atoms with Gasteiger partial charge >= 0.3 is 5.97 Å². The van der Waals surface area contributed by atoms with Gasteiger partial charge in [0.15, 0.2) is 5.60 Å². The fourth-order valence-electron chi connectivity index (χ4n) is 2.46. The topological polar surface area (TPSA) is 44.8 Å². The molecule has 0 saturated carbocycles. The summed E-state index contributed by atoms with van der Waals surface area (Å²) in [6.07, 6.45) is 5.02. The highest BCUT2D eigenvalue weighted by Gasteiger charge is 2.41. The predicted molar refractivity (Wildman–Crippen MR) is 68.9 cm³/mol. The van der Waals surface area contributed by atoms with Crippen molar-refractivity contribution >= 4 is 5.97 Å². The Bertz CT molecular complexity index is 505. The number of ether oxygens (including phenoxy) is 3. The maximum absolute atomic E-state index is 11.2. The van der Waals surface area contributed by atoms with Crippen LogP contribution in [0.4, 0.5) is 0 Å². The second-order valence-corrected chi connectivity index (χ2v) is 4.90. The molecule has 0 radical (unpaired) electrons. The SMILES string of the molecule is COc1ccc([C@@H]2C=C[C@@]3(CCC(=O)O3)CO2)cc1. The van der Waals surface area contributed by atoms with Gasteiger partial charge in [0.2, 0.25) is 0 Å². The largest absolute Gasteiger partial charge is 0.497 e. The van der Waals surface area contributed by atoms with Gasteiger partial charge in [0.1, 0.15) is 11.9 Å². The van der Waals surface area contributed by atoms with Crippen molar-refractivity contribution < 1.29 is 19.0 Å². The van der Waals surface area contributed by atoms with Gasteiger partial charge in [-0.25, -0.2) is 0 Å². The number of esters is 1. The summed E-state index contributed by atoms with van der Waals surface area (Å²) < 4.78 is 16.3. The summed E-state index contributed by atoms with van der Waals surface area (Å²) >= 11 is 0. The van der Waals surface area contributed by atoms with Crippen LogP contribution in [0.3, 0.4) is 0 Å². The molecule has 0 bridgehead atoms. The van der Waals surface area contributed by atoms with E-state index in [1.165, 1.54) is 0 Å². The van der Waals surface area contributed by atoms with E-state index in [-0.39, 0.29) is 12.1 Å². The number of rotatable bonds is 2. The van der Waals surface area contributed by atoms with Crippen LogP contribution in [0.15, 0.2) is 36.4 Å². The van der Waals surface area contributed by atoms with Crippen LogP contribution < -0.4 is 4.74 Å². The predicted octanol–water partition coefficient (Wildman–Crippen LogP) is 2.40. The van der Waals surface area contributed by atoms with E-state index in [4.69, 9.17) is 14.2 Å². The Balaban J connectivity index is 1.74. The van der Waals surface area contributed by atoms with Gasteiger partial charge < -0.3 is 14.2 Å². The molecule has 2 aliphatic heterocycles. The standard InChI is InChI=1S/C15H16O4/c1-17-12-4-2-11(3-5-12)13-6-8-15(10-18-13)9-7-14(16)19-15/h2-6,8,13H,7,9-10H2,1H3/t13-,15+/m0/s1. The van der Waals surface area contributed by atoms with Crippen LogP contribution in [0, 0.1) is 0 Å². The molecule has 1 aromatic rings. The smallest absolute Gasteiger partial charge is 0.306 e. The van der Waals surface area contributed by atoms with Crippen molar-refractivity contribution in [3.8, 4) is 5.75 Å². The summed E-state index contributed by atoms with van der Waals surface area (Å²) in [5, 5.41) is 0. The first-order chi connectivity index (χ1) is 9.21. The van der Waals surface area contributed by atoms with Crippen molar-refractivity contribution in [2.24, 2.45) is 0 Å². The minimum atomic E-state index is -0.528. The van der Waals surface area contributed by atoms with Crippen LogP contribution in [-0.4, -0.2) is 25.3 Å². The first-order valence-electron chi connectivity index (χ1n) is 6.38. The van der Waals surface area contributed by atoms with Crippen molar-refractivity contribution in [2.75, 3.05) is 13.7 Å². The summed E-state index contributed by atoms with van der Waals surface area (Å²) in [5.41, 5.74) is 0.538. The Morgan fingerprint density at radius 2 is 2.11 bits per heavy atom. The van der Waals surface area contributed by atoms with Crippen LogP contribution in [0.25, 0.3) is 0 Å². The monoisotopic (exact) mass is 260 g/mol. The quantitative estimate of drug-likeness (QED) is 0.605. The van der Waals surface area contributed by atoms with Gasteiger partial charge in [0.05, 0.1) is 13.7 Å². The van der Waals surface area contributed by atoms with Crippen molar-refractivity contribution in [3.63, 3.8) is 0 Å². The molecule has 1 fully saturated rings. The van der Waals surface area contributed by atoms with Crippen molar-refractivity contribution in [3.05, 3.63) is 42.0 Å². The Morgan fingerprint density at radius 1 is 1.32 bits per heavy atom. The molecular weight excluding hydrogens is 244 g/mol. The van der Waals surface area contributed by atoms with Crippen LogP contribution in [-0.2, 0) is 14.3 Å². The molecule has 2 aliphatic rings. The van der Waals surface area contributed by atoms with E-state index in [2.05, 4.69) is 0 Å². The minimum Gasteiger partial charge on any atom is -0.497 e. The van der Waals surface area contributed by atoms with Gasteiger partial charge in [-0.15, -0.1) is 0 Å². The van der Waals surface area contributed by atoms with E-state index in [1.54, 1.807) is 7.11 Å². The fourth-order valence-corrected chi connectivity index (χ4v) is 2.46. The zero-order valence-electron chi connectivity index (χ0n) is 10.8. The number of carbonyl (C=O) groups excluding carboxylic acids is 1. The molecule has 1 spiro atoms. The summed E-state index contributed by atoms with van der Waals surface area (Å²) in [4.78, 5) is 11.2. The van der Waals surface area contributed by atoms with E-state index in [0.717, 1.165) is 11.3 Å². The van der Waals surface area contributed by atoms with Crippen LogP contribution in [0.1, 0.15) is 24.5 Å². The third kappa shape index (κ3) is 2.36. The molecule has 0 aromatic heterocycles. The molecule has 3 rings (SSSR count). The second kappa shape index (κ2) is 4.70. The normalized spacial score (nSPS) is 29.5. The Labute approximate surface area is 112 Å². The number of hydrogen-bond acceptors (Lipinski definition) is 4. The van der Waals surface area contributed by atoms with Gasteiger partial charge in [0.25, 0.3) is 0 Å². The van der Waals surface area contributed by atoms with Crippen molar-refractivity contribution in [1.29, 1.82) is 0 Å². The maximum Gasteiger partial charge on any atom is 0.306 e. The fraction of sp³-hybridized carbons (Fsp3) is 0.400. The summed E-state index contributed by atoms with van der Waals surface area (Å²) in [7, 11) is 1.64. The summed E-state index contributed by atoms with van der Waals surface area (Å²) in [6, 6.07) is 7.78. The molecule has 2 atom stereocenters. The van der Waals surface area contributed by atoms with E-state index >= 15 is 0 Å². The van der Waals surface area contributed by atoms with Gasteiger partial charge in [-0.1, -0.05) is 18.2 Å². The lowest BCUT2D eigenvalue weighted by atomic mass is 9.96. The highest BCUT2D eigenvalue weighted by atomic mass is 16.6. The molecule has 4 nitrogen and oxygen atoms in total. The zero-order valence-corrected chi connectivity index (χ0v) is 10.8. The number of methoxy groups -OCH3 is 1. The molecule has 2 heterocycles. The lowest BCUT2D eigenvalue weighted by Crippen LogP contribution is -2.35. The minimum absolute atomic E-state index is 0.0872. The summed E-state index contributed by atoms with van der Waals surface area (Å²) in [6.45, 7) is 0.423. The first-order valence-corrected chi connectivity index (χ1v) is 6.38. The van der Waals surface area contributed by atoms with E-state index in [0.29, 0.717) is 19.4 Å². The molecule has 19 heavy (non-hydrogen) atoms. The van der Waals surface area contributed by atoms with Crippen molar-refractivity contribution in [1.82, 2.24) is 0 Å². The summed E-state index contributed by atoms with van der Waals surface area (Å²) in [5.74, 6) is 0.681. The maximum atomic E-state index is 11.2. The number of hydrogen-bond donors (Lipinski definition) is 0. The molecule has 4 heteroatoms. The van der Waals surface area contributed by atoms with E-state index < -0.39 is 5.60 Å². The third-order valence-electron chi connectivity index (χ3n) is 3.60. The van der Waals surface area contributed by atoms with Crippen LogP contribution in [0.2, 0.25) is 0 Å². The van der Waals surface area contributed by atoms with Crippen LogP contribution in [0.5, 0.6) is 5.75 Å². The van der Waals surface area contributed by atoms with Gasteiger partial charge in [-0.05, 0) is 23.8 Å². The highest BCUT2D eigenvalue weighted by molar-refractivity contribution is 5.72. The molecule has 1 saturated heterocycles. The lowest BCUT2D eigenvalue weighted by Gasteiger charge is -2.31. The molecule has 0 aliphatic carbocycles. The average Bonchev–Trinajstić information content (AvgIpc) is 2.81. The molecule has 0 N–H and O–H groups in total. The third-order valence-corrected chi connectivity index (χ3v) is 3.60. The van der Waals surface area contributed by atoms with Crippen LogP contribution >= 0.6 is 0 Å². The molecule has 0 unspecified atom stereocenters. The lowest BCUT2D eigenvalue weighted by molar-refractivity contribution is -0.151. The Kier molecular flexibility index (Phi) is 3.03. The average molecular weight is 260 g/mol. The molecule has 0 amide bonds. The van der Waals surface area contributed by atoms with E-state index in [1.807, 2.05) is 36.4 Å². The zero-order chi connectivity index (χ0) is 13.3. The molecule has 1 aromatic carbocycles. The molecule has 100 valence electrons. The Hall–Kier alpha value is -1.81.